The lowest BCUT2D eigenvalue weighted by Gasteiger charge is -2.19. The molecular weight excluding hydrogens is 230 g/mol. The van der Waals surface area contributed by atoms with Crippen molar-refractivity contribution in [3.05, 3.63) is 0 Å². The highest BCUT2D eigenvalue weighted by atomic mass is 32.2. The minimum atomic E-state index is -3.40. The van der Waals surface area contributed by atoms with Crippen molar-refractivity contribution >= 4 is 15.8 Å². The van der Waals surface area contributed by atoms with Gasteiger partial charge >= 0.3 is 5.97 Å². The van der Waals surface area contributed by atoms with E-state index >= 15 is 0 Å². The fourth-order valence-electron chi connectivity index (χ4n) is 1.07. The molecule has 0 aromatic heterocycles. The molecule has 0 amide bonds. The molecule has 0 saturated heterocycles. The first-order chi connectivity index (χ1) is 7.06. The molecule has 0 rings (SSSR count). The largest absolute Gasteiger partial charge is 0.459 e. The van der Waals surface area contributed by atoms with Crippen molar-refractivity contribution in [1.82, 2.24) is 5.32 Å². The standard InChI is InChI=1S/C10H21NO4S/c1-8(11-5)6-16(13,14)7-9(12)15-10(2,3)4/h8,11H,6-7H2,1-5H3. The van der Waals surface area contributed by atoms with E-state index in [2.05, 4.69) is 5.32 Å². The number of ether oxygens (including phenoxy) is 1. The van der Waals surface area contributed by atoms with Gasteiger partial charge in [0.05, 0.1) is 5.75 Å². The number of hydrogen-bond donors (Lipinski definition) is 1. The van der Waals surface area contributed by atoms with E-state index in [0.717, 1.165) is 0 Å². The van der Waals surface area contributed by atoms with Crippen molar-refractivity contribution in [3.8, 4) is 0 Å². The van der Waals surface area contributed by atoms with E-state index in [4.69, 9.17) is 4.74 Å². The lowest BCUT2D eigenvalue weighted by atomic mass is 10.2. The van der Waals surface area contributed by atoms with Crippen LogP contribution in [0, 0.1) is 0 Å². The second-order valence-electron chi connectivity index (χ2n) is 4.83. The van der Waals surface area contributed by atoms with Gasteiger partial charge in [-0.05, 0) is 34.7 Å². The topological polar surface area (TPSA) is 72.5 Å². The maximum absolute atomic E-state index is 11.6. The van der Waals surface area contributed by atoms with Gasteiger partial charge in [-0.1, -0.05) is 0 Å². The molecule has 1 unspecified atom stereocenters. The van der Waals surface area contributed by atoms with Crippen LogP contribution in [0.1, 0.15) is 27.7 Å². The van der Waals surface area contributed by atoms with E-state index in [0.29, 0.717) is 0 Å². The molecule has 0 aromatic rings. The molecule has 0 aliphatic heterocycles. The lowest BCUT2D eigenvalue weighted by molar-refractivity contribution is -0.151. The van der Waals surface area contributed by atoms with Gasteiger partial charge in [0.2, 0.25) is 0 Å². The molecule has 0 radical (unpaired) electrons. The molecule has 0 aliphatic carbocycles. The summed E-state index contributed by atoms with van der Waals surface area (Å²) in [5, 5.41) is 2.81. The fourth-order valence-corrected chi connectivity index (χ4v) is 2.54. The maximum atomic E-state index is 11.6. The van der Waals surface area contributed by atoms with Gasteiger partial charge in [-0.25, -0.2) is 8.42 Å². The summed E-state index contributed by atoms with van der Waals surface area (Å²) in [4.78, 5) is 11.3. The van der Waals surface area contributed by atoms with E-state index in [-0.39, 0.29) is 11.8 Å². The van der Waals surface area contributed by atoms with Crippen LogP contribution in [0.5, 0.6) is 0 Å². The van der Waals surface area contributed by atoms with Gasteiger partial charge in [0.1, 0.15) is 11.4 Å². The number of esters is 1. The Morgan fingerprint density at radius 2 is 1.88 bits per heavy atom. The van der Waals surface area contributed by atoms with Crippen LogP contribution < -0.4 is 5.32 Å². The summed E-state index contributed by atoms with van der Waals surface area (Å²) in [6, 6.07) is -0.174. The van der Waals surface area contributed by atoms with Gasteiger partial charge < -0.3 is 10.1 Å². The van der Waals surface area contributed by atoms with E-state index in [9.17, 15) is 13.2 Å². The monoisotopic (exact) mass is 251 g/mol. The minimum Gasteiger partial charge on any atom is -0.459 e. The van der Waals surface area contributed by atoms with Crippen LogP contribution in [0.3, 0.4) is 0 Å². The van der Waals surface area contributed by atoms with Crippen molar-refractivity contribution in [2.75, 3.05) is 18.6 Å². The first-order valence-corrected chi connectivity index (χ1v) is 6.97. The van der Waals surface area contributed by atoms with Crippen LogP contribution in [0.25, 0.3) is 0 Å². The minimum absolute atomic E-state index is 0.0667. The number of nitrogens with one attached hydrogen (secondary N) is 1. The first-order valence-electron chi connectivity index (χ1n) is 5.15. The Balaban J connectivity index is 4.33. The molecule has 0 bridgehead atoms. The zero-order valence-corrected chi connectivity index (χ0v) is 11.3. The van der Waals surface area contributed by atoms with Crippen LogP contribution in [0.15, 0.2) is 0 Å². The summed E-state index contributed by atoms with van der Waals surface area (Å²) in [6.45, 7) is 6.85. The Labute approximate surface area is 97.5 Å². The van der Waals surface area contributed by atoms with Gasteiger partial charge in [0.25, 0.3) is 0 Å². The maximum Gasteiger partial charge on any atom is 0.321 e. The average molecular weight is 251 g/mol. The third-order valence-electron chi connectivity index (χ3n) is 1.75. The van der Waals surface area contributed by atoms with Crippen LogP contribution in [0.2, 0.25) is 0 Å². The molecule has 0 fully saturated rings. The molecule has 1 atom stereocenters. The summed E-state index contributed by atoms with van der Waals surface area (Å²) in [5.74, 6) is -1.32. The molecule has 5 nitrogen and oxygen atoms in total. The fraction of sp³-hybridized carbons (Fsp3) is 0.900. The Kier molecular flexibility index (Phi) is 5.41. The number of carbonyl (C=O) groups excluding carboxylic acids is 1. The van der Waals surface area contributed by atoms with E-state index < -0.39 is 27.2 Å². The average Bonchev–Trinajstić information content (AvgIpc) is 1.97. The SMILES string of the molecule is CNC(C)CS(=O)(=O)CC(=O)OC(C)(C)C. The summed E-state index contributed by atoms with van der Waals surface area (Å²) in [6.07, 6.45) is 0. The molecule has 0 heterocycles. The number of carbonyl (C=O) groups is 1. The number of sulfone groups is 1. The summed E-state index contributed by atoms with van der Waals surface area (Å²) >= 11 is 0. The molecule has 0 aliphatic rings. The van der Waals surface area contributed by atoms with Crippen LogP contribution >= 0.6 is 0 Å². The Bertz CT molecular complexity index is 329. The quantitative estimate of drug-likeness (QED) is 0.714. The van der Waals surface area contributed by atoms with Crippen LogP contribution in [-0.2, 0) is 19.4 Å². The van der Waals surface area contributed by atoms with Gasteiger partial charge in [0.15, 0.2) is 9.84 Å². The molecule has 0 saturated carbocycles. The zero-order valence-electron chi connectivity index (χ0n) is 10.5. The lowest BCUT2D eigenvalue weighted by Crippen LogP contribution is -2.35. The summed E-state index contributed by atoms with van der Waals surface area (Å²) < 4.78 is 28.1. The van der Waals surface area contributed by atoms with Gasteiger partial charge in [0, 0.05) is 6.04 Å². The van der Waals surface area contributed by atoms with Gasteiger partial charge in [-0.15, -0.1) is 0 Å². The second-order valence-corrected chi connectivity index (χ2v) is 6.94. The number of rotatable bonds is 5. The Hall–Kier alpha value is -0.620. The first kappa shape index (κ1) is 15.4. The molecule has 96 valence electrons. The molecule has 0 spiro atoms. The van der Waals surface area contributed by atoms with Crippen molar-refractivity contribution < 1.29 is 17.9 Å². The van der Waals surface area contributed by atoms with E-state index in [1.165, 1.54) is 0 Å². The summed E-state index contributed by atoms with van der Waals surface area (Å²) in [7, 11) is -1.73. The molecular formula is C10H21NO4S. The third-order valence-corrected chi connectivity index (χ3v) is 3.44. The highest BCUT2D eigenvalue weighted by molar-refractivity contribution is 7.92. The predicted molar refractivity (Wildman–Crippen MR) is 63.0 cm³/mol. The molecule has 1 N–H and O–H groups in total. The Morgan fingerprint density at radius 1 is 1.38 bits per heavy atom. The highest BCUT2D eigenvalue weighted by Crippen LogP contribution is 2.08. The van der Waals surface area contributed by atoms with Crippen LogP contribution in [-0.4, -0.2) is 44.6 Å². The van der Waals surface area contributed by atoms with E-state index in [1.54, 1.807) is 34.7 Å². The molecule has 6 heteroatoms. The summed E-state index contributed by atoms with van der Waals surface area (Å²) in [5.41, 5.74) is -0.652. The van der Waals surface area contributed by atoms with Crippen LogP contribution in [0.4, 0.5) is 0 Å². The number of hydrogen-bond acceptors (Lipinski definition) is 5. The van der Waals surface area contributed by atoms with Gasteiger partial charge in [-0.2, -0.15) is 0 Å². The van der Waals surface area contributed by atoms with Crippen molar-refractivity contribution in [2.45, 2.75) is 39.3 Å². The van der Waals surface area contributed by atoms with Gasteiger partial charge in [-0.3, -0.25) is 4.79 Å². The van der Waals surface area contributed by atoms with Crippen molar-refractivity contribution in [2.24, 2.45) is 0 Å². The zero-order chi connectivity index (χ0) is 13.0. The molecule has 0 aromatic carbocycles. The third kappa shape index (κ3) is 7.64. The normalized spacial score (nSPS) is 14.6. The molecule has 16 heavy (non-hydrogen) atoms. The smallest absolute Gasteiger partial charge is 0.321 e. The van der Waals surface area contributed by atoms with Crippen molar-refractivity contribution in [3.63, 3.8) is 0 Å². The Morgan fingerprint density at radius 3 is 2.25 bits per heavy atom. The van der Waals surface area contributed by atoms with E-state index in [1.807, 2.05) is 0 Å². The predicted octanol–water partition coefficient (Wildman–Crippen LogP) is 0.351. The second kappa shape index (κ2) is 5.63. The highest BCUT2D eigenvalue weighted by Gasteiger charge is 2.23. The van der Waals surface area contributed by atoms with Crippen molar-refractivity contribution in [1.29, 1.82) is 0 Å².